The van der Waals surface area contributed by atoms with Gasteiger partial charge in [0.2, 0.25) is 0 Å². The number of fused-ring (bicyclic) bond motifs is 1. The summed E-state index contributed by atoms with van der Waals surface area (Å²) in [6.07, 6.45) is 1.95. The lowest BCUT2D eigenvalue weighted by Gasteiger charge is -2.08. The standard InChI is InChI=1S/C13H17NO/c1-3-9(2)13(15)11-4-5-12-10(8-11)6-7-14-12/h4-5,8-9,14H,3,6-7H2,1-2H3/t9-/m1/s1. The number of hydrogen-bond acceptors (Lipinski definition) is 2. The average Bonchev–Trinajstić information content (AvgIpc) is 2.73. The third-order valence-electron chi connectivity index (χ3n) is 3.16. The molecule has 0 fully saturated rings. The third kappa shape index (κ3) is 1.89. The van der Waals surface area contributed by atoms with Crippen molar-refractivity contribution in [3.8, 4) is 0 Å². The molecule has 0 spiro atoms. The molecule has 1 aliphatic rings. The van der Waals surface area contributed by atoms with Crippen molar-refractivity contribution in [2.75, 3.05) is 11.9 Å². The molecule has 0 unspecified atom stereocenters. The Morgan fingerprint density at radius 1 is 1.53 bits per heavy atom. The Balaban J connectivity index is 2.26. The summed E-state index contributed by atoms with van der Waals surface area (Å²) in [4.78, 5) is 12.0. The number of carbonyl (C=O) groups excluding carboxylic acids is 1. The van der Waals surface area contributed by atoms with Crippen LogP contribution in [0.3, 0.4) is 0 Å². The van der Waals surface area contributed by atoms with Crippen LogP contribution in [-0.2, 0) is 6.42 Å². The molecule has 0 saturated heterocycles. The molecule has 0 saturated carbocycles. The van der Waals surface area contributed by atoms with Crippen LogP contribution in [0.25, 0.3) is 0 Å². The van der Waals surface area contributed by atoms with Crippen LogP contribution in [0.5, 0.6) is 0 Å². The van der Waals surface area contributed by atoms with E-state index in [-0.39, 0.29) is 11.7 Å². The van der Waals surface area contributed by atoms with Crippen molar-refractivity contribution in [3.05, 3.63) is 29.3 Å². The van der Waals surface area contributed by atoms with E-state index >= 15 is 0 Å². The molecule has 1 heterocycles. The molecule has 0 aromatic heterocycles. The smallest absolute Gasteiger partial charge is 0.165 e. The zero-order chi connectivity index (χ0) is 10.8. The van der Waals surface area contributed by atoms with Gasteiger partial charge in [-0.25, -0.2) is 0 Å². The zero-order valence-corrected chi connectivity index (χ0v) is 9.34. The summed E-state index contributed by atoms with van der Waals surface area (Å²) >= 11 is 0. The number of Topliss-reactive ketones (excluding diaryl/α,β-unsaturated/α-hetero) is 1. The number of benzene rings is 1. The van der Waals surface area contributed by atoms with Crippen LogP contribution in [0, 0.1) is 5.92 Å². The number of hydrogen-bond donors (Lipinski definition) is 1. The highest BCUT2D eigenvalue weighted by Gasteiger charge is 2.16. The fourth-order valence-electron chi connectivity index (χ4n) is 1.93. The molecular formula is C13H17NO. The van der Waals surface area contributed by atoms with Crippen molar-refractivity contribution in [3.63, 3.8) is 0 Å². The first-order chi connectivity index (χ1) is 7.22. The van der Waals surface area contributed by atoms with E-state index in [9.17, 15) is 4.79 Å². The van der Waals surface area contributed by atoms with Crippen molar-refractivity contribution in [2.24, 2.45) is 5.92 Å². The van der Waals surface area contributed by atoms with Gasteiger partial charge in [0.1, 0.15) is 0 Å². The molecule has 0 aliphatic carbocycles. The molecular weight excluding hydrogens is 186 g/mol. The van der Waals surface area contributed by atoms with Gasteiger partial charge in [-0.3, -0.25) is 4.79 Å². The van der Waals surface area contributed by atoms with E-state index < -0.39 is 0 Å². The van der Waals surface area contributed by atoms with Crippen molar-refractivity contribution >= 4 is 11.5 Å². The maximum absolute atomic E-state index is 12.0. The fraction of sp³-hybridized carbons (Fsp3) is 0.462. The van der Waals surface area contributed by atoms with Gasteiger partial charge in [0, 0.05) is 23.7 Å². The molecule has 1 atom stereocenters. The van der Waals surface area contributed by atoms with Crippen LogP contribution < -0.4 is 5.32 Å². The largest absolute Gasteiger partial charge is 0.384 e. The van der Waals surface area contributed by atoms with Gasteiger partial charge in [-0.2, -0.15) is 0 Å². The molecule has 15 heavy (non-hydrogen) atoms. The maximum atomic E-state index is 12.0. The minimum absolute atomic E-state index is 0.136. The molecule has 80 valence electrons. The van der Waals surface area contributed by atoms with Gasteiger partial charge in [-0.15, -0.1) is 0 Å². The third-order valence-corrected chi connectivity index (χ3v) is 3.16. The Bertz CT molecular complexity index is 384. The van der Waals surface area contributed by atoms with E-state index in [0.29, 0.717) is 0 Å². The quantitative estimate of drug-likeness (QED) is 0.765. The van der Waals surface area contributed by atoms with Gasteiger partial charge in [-0.1, -0.05) is 13.8 Å². The highest BCUT2D eigenvalue weighted by molar-refractivity contribution is 5.98. The van der Waals surface area contributed by atoms with E-state index in [1.54, 1.807) is 0 Å². The normalized spacial score (nSPS) is 15.6. The van der Waals surface area contributed by atoms with Gasteiger partial charge in [0.15, 0.2) is 5.78 Å². The topological polar surface area (TPSA) is 29.1 Å². The summed E-state index contributed by atoms with van der Waals surface area (Å²) in [7, 11) is 0. The highest BCUT2D eigenvalue weighted by Crippen LogP contribution is 2.24. The SMILES string of the molecule is CC[C@@H](C)C(=O)c1ccc2c(c1)CCN2. The second-order valence-corrected chi connectivity index (χ2v) is 4.22. The molecule has 2 rings (SSSR count). The van der Waals surface area contributed by atoms with Gasteiger partial charge in [-0.05, 0) is 36.6 Å². The molecule has 0 radical (unpaired) electrons. The maximum Gasteiger partial charge on any atom is 0.165 e. The van der Waals surface area contributed by atoms with Crippen LogP contribution in [0.15, 0.2) is 18.2 Å². The Morgan fingerprint density at radius 3 is 3.07 bits per heavy atom. The molecule has 0 amide bonds. The van der Waals surface area contributed by atoms with Crippen molar-refractivity contribution in [1.29, 1.82) is 0 Å². The lowest BCUT2D eigenvalue weighted by molar-refractivity contribution is 0.0927. The zero-order valence-electron chi connectivity index (χ0n) is 9.34. The van der Waals surface area contributed by atoms with E-state index in [1.807, 2.05) is 25.1 Å². The van der Waals surface area contributed by atoms with Crippen LogP contribution in [0.2, 0.25) is 0 Å². The van der Waals surface area contributed by atoms with Crippen molar-refractivity contribution in [2.45, 2.75) is 26.7 Å². The Morgan fingerprint density at radius 2 is 2.33 bits per heavy atom. The van der Waals surface area contributed by atoms with E-state index in [2.05, 4.69) is 12.2 Å². The first-order valence-corrected chi connectivity index (χ1v) is 5.63. The molecule has 1 aliphatic heterocycles. The molecule has 0 bridgehead atoms. The summed E-state index contributed by atoms with van der Waals surface area (Å²) in [6, 6.07) is 6.01. The number of ketones is 1. The van der Waals surface area contributed by atoms with Gasteiger partial charge in [0.25, 0.3) is 0 Å². The number of carbonyl (C=O) groups is 1. The summed E-state index contributed by atoms with van der Waals surface area (Å²) in [5.41, 5.74) is 3.34. The second kappa shape index (κ2) is 4.05. The van der Waals surface area contributed by atoms with E-state index in [1.165, 1.54) is 11.3 Å². The monoisotopic (exact) mass is 203 g/mol. The first-order valence-electron chi connectivity index (χ1n) is 5.63. The summed E-state index contributed by atoms with van der Waals surface area (Å²) in [5.74, 6) is 0.407. The average molecular weight is 203 g/mol. The number of anilines is 1. The Kier molecular flexibility index (Phi) is 2.76. The fourth-order valence-corrected chi connectivity index (χ4v) is 1.93. The number of rotatable bonds is 3. The lowest BCUT2D eigenvalue weighted by Crippen LogP contribution is -2.10. The minimum atomic E-state index is 0.136. The molecule has 2 nitrogen and oxygen atoms in total. The molecule has 1 N–H and O–H groups in total. The minimum Gasteiger partial charge on any atom is -0.384 e. The Labute approximate surface area is 90.7 Å². The Hall–Kier alpha value is -1.31. The highest BCUT2D eigenvalue weighted by atomic mass is 16.1. The van der Waals surface area contributed by atoms with E-state index in [4.69, 9.17) is 0 Å². The van der Waals surface area contributed by atoms with E-state index in [0.717, 1.165) is 24.9 Å². The van der Waals surface area contributed by atoms with Crippen LogP contribution in [0.4, 0.5) is 5.69 Å². The predicted octanol–water partition coefficient (Wildman–Crippen LogP) is 2.88. The summed E-state index contributed by atoms with van der Waals surface area (Å²) in [6.45, 7) is 5.04. The molecule has 1 aromatic rings. The summed E-state index contributed by atoms with van der Waals surface area (Å²) in [5, 5.41) is 3.30. The van der Waals surface area contributed by atoms with Gasteiger partial charge >= 0.3 is 0 Å². The lowest BCUT2D eigenvalue weighted by atomic mass is 9.95. The van der Waals surface area contributed by atoms with Crippen LogP contribution in [0.1, 0.15) is 36.2 Å². The first kappa shape index (κ1) is 10.2. The molecule has 2 heteroatoms. The second-order valence-electron chi connectivity index (χ2n) is 4.22. The van der Waals surface area contributed by atoms with Crippen LogP contribution in [-0.4, -0.2) is 12.3 Å². The van der Waals surface area contributed by atoms with Gasteiger partial charge < -0.3 is 5.32 Å². The molecule has 1 aromatic carbocycles. The number of nitrogens with one attached hydrogen (secondary N) is 1. The predicted molar refractivity (Wildman–Crippen MR) is 62.4 cm³/mol. The van der Waals surface area contributed by atoms with Crippen molar-refractivity contribution < 1.29 is 4.79 Å². The summed E-state index contributed by atoms with van der Waals surface area (Å²) < 4.78 is 0. The van der Waals surface area contributed by atoms with Gasteiger partial charge in [0.05, 0.1) is 0 Å². The van der Waals surface area contributed by atoms with Crippen LogP contribution >= 0.6 is 0 Å². The van der Waals surface area contributed by atoms with Crippen molar-refractivity contribution in [1.82, 2.24) is 0 Å².